The topological polar surface area (TPSA) is 96.0 Å². The number of sulfonamides is 1. The lowest BCUT2D eigenvalue weighted by atomic mass is 9.79. The molecule has 0 spiro atoms. The zero-order valence-electron chi connectivity index (χ0n) is 22.2. The minimum Gasteiger partial charge on any atom is -0.444 e. The van der Waals surface area contributed by atoms with Crippen LogP contribution >= 0.6 is 0 Å². The number of piperidine rings is 1. The summed E-state index contributed by atoms with van der Waals surface area (Å²) in [5, 5.41) is 1.22. The molecular formula is C27H37N3O5S. The Bertz CT molecular complexity index is 1310. The zero-order valence-corrected chi connectivity index (χ0v) is 23.0. The van der Waals surface area contributed by atoms with E-state index >= 15 is 0 Å². The van der Waals surface area contributed by atoms with Crippen molar-refractivity contribution in [3.63, 3.8) is 0 Å². The Balaban J connectivity index is 1.62. The highest BCUT2D eigenvalue weighted by atomic mass is 32.2. The lowest BCUT2D eigenvalue weighted by Gasteiger charge is -2.46. The van der Waals surface area contributed by atoms with Gasteiger partial charge in [-0.1, -0.05) is 32.9 Å². The molecule has 0 radical (unpaired) electrons. The van der Waals surface area contributed by atoms with E-state index in [1.54, 1.807) is 40.1 Å². The van der Waals surface area contributed by atoms with E-state index in [9.17, 15) is 18.0 Å². The number of amides is 2. The lowest BCUT2D eigenvalue weighted by molar-refractivity contribution is -0.0104. The second kappa shape index (κ2) is 9.03. The first-order valence-electron chi connectivity index (χ1n) is 12.5. The van der Waals surface area contributed by atoms with Crippen LogP contribution in [-0.4, -0.2) is 56.1 Å². The molecule has 8 nitrogen and oxygen atoms in total. The largest absolute Gasteiger partial charge is 0.444 e. The van der Waals surface area contributed by atoms with E-state index in [0.29, 0.717) is 42.3 Å². The normalized spacial score (nSPS) is 20.8. The van der Waals surface area contributed by atoms with Gasteiger partial charge in [-0.05, 0) is 64.2 Å². The molecular weight excluding hydrogens is 478 g/mol. The highest BCUT2D eigenvalue weighted by Crippen LogP contribution is 2.40. The van der Waals surface area contributed by atoms with Crippen molar-refractivity contribution < 1.29 is 22.7 Å². The number of anilines is 1. The molecule has 2 amide bonds. The molecule has 2 aliphatic heterocycles. The van der Waals surface area contributed by atoms with Gasteiger partial charge in [-0.25, -0.2) is 17.9 Å². The molecule has 2 aromatic rings. The van der Waals surface area contributed by atoms with Gasteiger partial charge in [0.1, 0.15) is 5.60 Å². The van der Waals surface area contributed by atoms with Crippen molar-refractivity contribution in [2.45, 2.75) is 83.9 Å². The number of benzene rings is 2. The molecule has 1 N–H and O–H groups in total. The van der Waals surface area contributed by atoms with Crippen LogP contribution in [0.25, 0.3) is 10.8 Å². The number of rotatable bonds is 4. The van der Waals surface area contributed by atoms with Crippen LogP contribution in [0, 0.1) is 5.41 Å². The molecule has 9 heteroatoms. The molecule has 36 heavy (non-hydrogen) atoms. The second-order valence-corrected chi connectivity index (χ2v) is 13.4. The predicted molar refractivity (Wildman–Crippen MR) is 141 cm³/mol. The van der Waals surface area contributed by atoms with E-state index in [0.717, 1.165) is 5.69 Å². The van der Waals surface area contributed by atoms with Crippen molar-refractivity contribution in [1.82, 2.24) is 9.62 Å². The van der Waals surface area contributed by atoms with E-state index in [4.69, 9.17) is 4.74 Å². The first-order chi connectivity index (χ1) is 16.6. The van der Waals surface area contributed by atoms with Gasteiger partial charge in [0.05, 0.1) is 10.6 Å². The Morgan fingerprint density at radius 3 is 2.42 bits per heavy atom. The van der Waals surface area contributed by atoms with E-state index in [1.807, 2.05) is 48.5 Å². The summed E-state index contributed by atoms with van der Waals surface area (Å²) in [5.41, 5.74) is 0.389. The van der Waals surface area contributed by atoms with Crippen LogP contribution < -0.4 is 9.62 Å². The molecule has 0 aromatic heterocycles. The molecule has 1 saturated heterocycles. The van der Waals surface area contributed by atoms with Crippen molar-refractivity contribution in [3.05, 3.63) is 35.9 Å². The fourth-order valence-corrected chi connectivity index (χ4v) is 6.77. The van der Waals surface area contributed by atoms with Crippen LogP contribution in [0.2, 0.25) is 0 Å². The molecule has 0 aliphatic carbocycles. The monoisotopic (exact) mass is 515 g/mol. The smallest absolute Gasteiger partial charge is 0.410 e. The summed E-state index contributed by atoms with van der Waals surface area (Å²) < 4.78 is 35.8. The number of hydrogen-bond acceptors (Lipinski definition) is 5. The van der Waals surface area contributed by atoms with Crippen molar-refractivity contribution in [3.8, 4) is 0 Å². The number of nitrogens with one attached hydrogen (secondary N) is 1. The minimum atomic E-state index is -3.88. The number of likely N-dealkylation sites (tertiary alicyclic amines) is 1. The third-order valence-corrected chi connectivity index (χ3v) is 8.48. The fraction of sp³-hybridized carbons (Fsp3) is 0.556. The molecule has 2 aromatic carbocycles. The third kappa shape index (κ3) is 4.83. The number of nitrogens with zero attached hydrogens (tertiary/aromatic N) is 2. The van der Waals surface area contributed by atoms with E-state index in [-0.39, 0.29) is 34.4 Å². The van der Waals surface area contributed by atoms with Gasteiger partial charge in [0.15, 0.2) is 0 Å². The van der Waals surface area contributed by atoms with Crippen molar-refractivity contribution in [2.75, 3.05) is 18.0 Å². The Morgan fingerprint density at radius 2 is 1.81 bits per heavy atom. The first-order valence-corrected chi connectivity index (χ1v) is 14.0. The highest BCUT2D eigenvalue weighted by Gasteiger charge is 2.41. The Morgan fingerprint density at radius 1 is 1.11 bits per heavy atom. The predicted octanol–water partition coefficient (Wildman–Crippen LogP) is 4.91. The number of carbonyl (C=O) groups excluding carboxylic acids is 2. The maximum atomic E-state index is 13.6. The standard InChI is InChI=1S/C27H37N3O5S/c1-8-29-20-12-13-21(18-10-9-11-19(23(18)20)24(29)31)36(33,34)28-17-14-15-30(22(16-17)26(2,3)4)25(32)35-27(5,6)7/h9-13,17,22,28H,8,14-16H2,1-7H3. The van der Waals surface area contributed by atoms with E-state index in [1.165, 1.54) is 0 Å². The van der Waals surface area contributed by atoms with Crippen LogP contribution in [-0.2, 0) is 14.8 Å². The Hall–Kier alpha value is -2.65. The summed E-state index contributed by atoms with van der Waals surface area (Å²) in [7, 11) is -3.88. The minimum absolute atomic E-state index is 0.108. The van der Waals surface area contributed by atoms with Crippen LogP contribution in [0.4, 0.5) is 10.5 Å². The van der Waals surface area contributed by atoms with Crippen molar-refractivity contribution >= 4 is 38.5 Å². The van der Waals surface area contributed by atoms with Gasteiger partial charge in [-0.2, -0.15) is 0 Å². The lowest BCUT2D eigenvalue weighted by Crippen LogP contribution is -2.57. The molecule has 0 saturated carbocycles. The molecule has 1 fully saturated rings. The van der Waals surface area contributed by atoms with Gasteiger partial charge in [0.2, 0.25) is 10.0 Å². The maximum Gasteiger partial charge on any atom is 0.410 e. The second-order valence-electron chi connectivity index (χ2n) is 11.8. The number of carbonyl (C=O) groups is 2. The molecule has 2 aliphatic rings. The van der Waals surface area contributed by atoms with E-state index in [2.05, 4.69) is 4.72 Å². The quantitative estimate of drug-likeness (QED) is 0.624. The number of hydrogen-bond donors (Lipinski definition) is 1. The fourth-order valence-electron chi connectivity index (χ4n) is 5.28. The van der Waals surface area contributed by atoms with Crippen LogP contribution in [0.5, 0.6) is 0 Å². The van der Waals surface area contributed by atoms with Crippen LogP contribution in [0.3, 0.4) is 0 Å². The van der Waals surface area contributed by atoms with E-state index < -0.39 is 15.6 Å². The molecule has 4 rings (SSSR count). The zero-order chi connectivity index (χ0) is 26.6. The molecule has 0 bridgehead atoms. The van der Waals surface area contributed by atoms with Gasteiger partial charge in [-0.3, -0.25) is 4.79 Å². The van der Waals surface area contributed by atoms with Crippen LogP contribution in [0.1, 0.15) is 71.7 Å². The average molecular weight is 516 g/mol. The summed E-state index contributed by atoms with van der Waals surface area (Å²) in [4.78, 5) is 29.3. The maximum absolute atomic E-state index is 13.6. The van der Waals surface area contributed by atoms with Crippen molar-refractivity contribution in [2.24, 2.45) is 5.41 Å². The van der Waals surface area contributed by atoms with Gasteiger partial charge >= 0.3 is 6.09 Å². The Kier molecular flexibility index (Phi) is 6.62. The summed E-state index contributed by atoms with van der Waals surface area (Å²) in [5.74, 6) is -0.108. The molecule has 2 atom stereocenters. The Labute approximate surface area is 214 Å². The SMILES string of the molecule is CCN1C(=O)c2cccc3c(S(=O)(=O)NC4CCN(C(=O)OC(C)(C)C)C(C(C)(C)C)C4)ccc1c23. The number of ether oxygens (including phenoxy) is 1. The summed E-state index contributed by atoms with van der Waals surface area (Å²) in [6, 6.07) is 8.00. The summed E-state index contributed by atoms with van der Waals surface area (Å²) >= 11 is 0. The third-order valence-electron chi connectivity index (χ3n) is 6.90. The van der Waals surface area contributed by atoms with Crippen molar-refractivity contribution in [1.29, 1.82) is 0 Å². The van der Waals surface area contributed by atoms with Gasteiger partial charge in [0.25, 0.3) is 5.91 Å². The molecule has 2 unspecified atom stereocenters. The average Bonchev–Trinajstić information content (AvgIpc) is 3.04. The van der Waals surface area contributed by atoms with Gasteiger partial charge in [-0.15, -0.1) is 0 Å². The molecule has 196 valence electrons. The highest BCUT2D eigenvalue weighted by molar-refractivity contribution is 7.89. The summed E-state index contributed by atoms with van der Waals surface area (Å²) in [6.45, 7) is 14.5. The summed E-state index contributed by atoms with van der Waals surface area (Å²) in [6.07, 6.45) is 0.584. The first kappa shape index (κ1) is 26.4. The van der Waals surface area contributed by atoms with Gasteiger partial charge in [0, 0.05) is 41.5 Å². The van der Waals surface area contributed by atoms with Gasteiger partial charge < -0.3 is 14.5 Å². The van der Waals surface area contributed by atoms with Crippen LogP contribution in [0.15, 0.2) is 35.2 Å². The molecule has 2 heterocycles.